The maximum absolute atomic E-state index is 10.1. The Morgan fingerprint density at radius 3 is 2.61 bits per heavy atom. The van der Waals surface area contributed by atoms with Gasteiger partial charge in [-0.2, -0.15) is 0 Å². The van der Waals surface area contributed by atoms with E-state index < -0.39 is 0 Å². The molecule has 2 nitrogen and oxygen atoms in total. The van der Waals surface area contributed by atoms with Crippen LogP contribution in [0, 0.1) is 0 Å². The van der Waals surface area contributed by atoms with Crippen LogP contribution in [0.1, 0.15) is 0 Å². The fourth-order valence-corrected chi connectivity index (χ4v) is 2.68. The first kappa shape index (κ1) is 9.54. The van der Waals surface area contributed by atoms with Crippen LogP contribution in [0.2, 0.25) is 0 Å². The molecular weight excluding hydrogens is 222 g/mol. The average molecular weight is 233 g/mol. The number of hydrogen-bond donors (Lipinski definition) is 2. The van der Waals surface area contributed by atoms with Gasteiger partial charge < -0.3 is 10.1 Å². The number of aromatic nitrogens is 1. The van der Waals surface area contributed by atoms with Gasteiger partial charge in [0.2, 0.25) is 0 Å². The molecule has 0 aliphatic carbocycles. The predicted octanol–water partition coefficient (Wildman–Crippen LogP) is 4.18. The van der Waals surface area contributed by atoms with E-state index in [1.165, 1.54) is 5.39 Å². The summed E-state index contributed by atoms with van der Waals surface area (Å²) in [5, 5.41) is 14.4. The summed E-state index contributed by atoms with van der Waals surface area (Å²) in [6.07, 6.45) is 0. The highest BCUT2D eigenvalue weighted by Crippen LogP contribution is 2.35. The van der Waals surface area contributed by atoms with Gasteiger partial charge in [0, 0.05) is 21.7 Å². The molecule has 0 fully saturated rings. The zero-order valence-electron chi connectivity index (χ0n) is 9.64. The van der Waals surface area contributed by atoms with E-state index in [-0.39, 0.29) is 0 Å². The average Bonchev–Trinajstić information content (AvgIpc) is 2.77. The first-order valence-electron chi connectivity index (χ1n) is 5.96. The van der Waals surface area contributed by atoms with Gasteiger partial charge in [0.05, 0.1) is 5.52 Å². The van der Waals surface area contributed by atoms with Gasteiger partial charge in [0.25, 0.3) is 0 Å². The molecule has 18 heavy (non-hydrogen) atoms. The van der Waals surface area contributed by atoms with Crippen molar-refractivity contribution < 1.29 is 5.11 Å². The third kappa shape index (κ3) is 1.12. The van der Waals surface area contributed by atoms with E-state index in [2.05, 4.69) is 29.2 Å². The molecule has 2 N–H and O–H groups in total. The van der Waals surface area contributed by atoms with Crippen LogP contribution in [0.3, 0.4) is 0 Å². The fourth-order valence-electron chi connectivity index (χ4n) is 2.68. The van der Waals surface area contributed by atoms with Crippen molar-refractivity contribution in [2.75, 3.05) is 0 Å². The maximum Gasteiger partial charge on any atom is 0.125 e. The lowest BCUT2D eigenvalue weighted by atomic mass is 10.1. The van der Waals surface area contributed by atoms with Crippen molar-refractivity contribution in [3.8, 4) is 5.75 Å². The third-order valence-electron chi connectivity index (χ3n) is 3.50. The predicted molar refractivity (Wildman–Crippen MR) is 75.0 cm³/mol. The Labute approximate surface area is 103 Å². The van der Waals surface area contributed by atoms with E-state index in [0.717, 1.165) is 27.2 Å². The summed E-state index contributed by atoms with van der Waals surface area (Å²) < 4.78 is 0. The largest absolute Gasteiger partial charge is 0.507 e. The van der Waals surface area contributed by atoms with Crippen molar-refractivity contribution in [3.05, 3.63) is 54.6 Å². The van der Waals surface area contributed by atoms with Gasteiger partial charge in [0.1, 0.15) is 5.75 Å². The van der Waals surface area contributed by atoms with Crippen LogP contribution in [-0.2, 0) is 0 Å². The molecule has 0 radical (unpaired) electrons. The topological polar surface area (TPSA) is 36.0 Å². The monoisotopic (exact) mass is 233 g/mol. The Kier molecular flexibility index (Phi) is 1.73. The van der Waals surface area contributed by atoms with Crippen LogP contribution < -0.4 is 0 Å². The lowest BCUT2D eigenvalue weighted by Crippen LogP contribution is -1.76. The van der Waals surface area contributed by atoms with Crippen molar-refractivity contribution in [1.82, 2.24) is 4.98 Å². The van der Waals surface area contributed by atoms with Gasteiger partial charge in [-0.15, -0.1) is 0 Å². The molecule has 86 valence electrons. The van der Waals surface area contributed by atoms with Gasteiger partial charge in [-0.25, -0.2) is 0 Å². The van der Waals surface area contributed by atoms with E-state index in [1.54, 1.807) is 6.07 Å². The smallest absolute Gasteiger partial charge is 0.125 e. The Hall–Kier alpha value is -2.48. The number of aromatic amines is 1. The van der Waals surface area contributed by atoms with Crippen LogP contribution in [0.5, 0.6) is 5.75 Å². The van der Waals surface area contributed by atoms with Gasteiger partial charge in [-0.1, -0.05) is 42.5 Å². The molecule has 0 amide bonds. The number of fused-ring (bicyclic) bond motifs is 5. The van der Waals surface area contributed by atoms with Crippen LogP contribution in [0.15, 0.2) is 54.6 Å². The van der Waals surface area contributed by atoms with E-state index in [0.29, 0.717) is 5.75 Å². The molecule has 0 saturated heterocycles. The minimum absolute atomic E-state index is 0.324. The number of nitrogens with one attached hydrogen (secondary N) is 1. The molecule has 4 aromatic rings. The summed E-state index contributed by atoms with van der Waals surface area (Å²) in [5.74, 6) is 0.324. The lowest BCUT2D eigenvalue weighted by molar-refractivity contribution is 0.482. The van der Waals surface area contributed by atoms with Crippen molar-refractivity contribution >= 4 is 32.6 Å². The Balaban J connectivity index is 2.35. The minimum Gasteiger partial charge on any atom is -0.507 e. The van der Waals surface area contributed by atoms with E-state index in [1.807, 2.05) is 24.3 Å². The molecule has 0 aliphatic heterocycles. The van der Waals surface area contributed by atoms with Crippen molar-refractivity contribution in [3.63, 3.8) is 0 Å². The summed E-state index contributed by atoms with van der Waals surface area (Å²) in [6, 6.07) is 18.0. The highest BCUT2D eigenvalue weighted by atomic mass is 16.3. The molecular formula is C16H11NO. The summed E-state index contributed by atoms with van der Waals surface area (Å²) >= 11 is 0. The molecule has 0 unspecified atom stereocenters. The van der Waals surface area contributed by atoms with E-state index >= 15 is 0 Å². The highest BCUT2D eigenvalue weighted by Gasteiger charge is 2.09. The maximum atomic E-state index is 10.1. The fraction of sp³-hybridized carbons (Fsp3) is 0. The molecule has 0 atom stereocenters. The number of benzene rings is 3. The lowest BCUT2D eigenvalue weighted by Gasteiger charge is -2.02. The van der Waals surface area contributed by atoms with Crippen LogP contribution in [0.25, 0.3) is 32.6 Å². The summed E-state index contributed by atoms with van der Waals surface area (Å²) in [5.41, 5.74) is 2.11. The Bertz CT molecular complexity index is 889. The molecule has 2 heteroatoms. The number of aromatic hydroxyl groups is 1. The molecule has 4 rings (SSSR count). The van der Waals surface area contributed by atoms with Crippen molar-refractivity contribution in [2.45, 2.75) is 0 Å². The zero-order chi connectivity index (χ0) is 12.1. The normalized spacial score (nSPS) is 11.6. The molecule has 0 aliphatic rings. The van der Waals surface area contributed by atoms with Crippen molar-refractivity contribution in [1.29, 1.82) is 0 Å². The first-order chi connectivity index (χ1) is 8.84. The number of phenolic OH excluding ortho intramolecular Hbond substituents is 1. The molecule has 0 bridgehead atoms. The SMILES string of the molecule is Oc1cccc2ccc3c4ccccc4[nH]c3c12. The van der Waals surface area contributed by atoms with Crippen LogP contribution in [0.4, 0.5) is 0 Å². The minimum atomic E-state index is 0.324. The summed E-state index contributed by atoms with van der Waals surface area (Å²) in [4.78, 5) is 3.40. The van der Waals surface area contributed by atoms with Gasteiger partial charge in [-0.05, 0) is 17.5 Å². The molecule has 0 spiro atoms. The second kappa shape index (κ2) is 3.26. The molecule has 0 saturated carbocycles. The molecule has 1 aromatic heterocycles. The quantitative estimate of drug-likeness (QED) is 0.469. The Morgan fingerprint density at radius 2 is 1.67 bits per heavy atom. The summed E-state index contributed by atoms with van der Waals surface area (Å²) in [7, 11) is 0. The number of hydrogen-bond acceptors (Lipinski definition) is 1. The second-order valence-electron chi connectivity index (χ2n) is 4.53. The van der Waals surface area contributed by atoms with Crippen LogP contribution >= 0.6 is 0 Å². The third-order valence-corrected chi connectivity index (χ3v) is 3.50. The van der Waals surface area contributed by atoms with Crippen LogP contribution in [-0.4, -0.2) is 10.1 Å². The highest BCUT2D eigenvalue weighted by molar-refractivity contribution is 6.18. The first-order valence-corrected chi connectivity index (χ1v) is 5.96. The van der Waals surface area contributed by atoms with Gasteiger partial charge in [0.15, 0.2) is 0 Å². The van der Waals surface area contributed by atoms with E-state index in [9.17, 15) is 5.11 Å². The van der Waals surface area contributed by atoms with Crippen molar-refractivity contribution in [2.24, 2.45) is 0 Å². The van der Waals surface area contributed by atoms with Gasteiger partial charge in [-0.3, -0.25) is 0 Å². The van der Waals surface area contributed by atoms with E-state index in [4.69, 9.17) is 0 Å². The number of phenols is 1. The summed E-state index contributed by atoms with van der Waals surface area (Å²) in [6.45, 7) is 0. The number of para-hydroxylation sites is 1. The molecule has 3 aromatic carbocycles. The second-order valence-corrected chi connectivity index (χ2v) is 4.53. The molecule has 1 heterocycles. The zero-order valence-corrected chi connectivity index (χ0v) is 9.64. The standard InChI is InChI=1S/C16H11NO/c18-14-7-3-4-10-8-9-12-11-5-1-2-6-13(11)17-16(12)15(10)14/h1-9,17-18H. The number of H-pyrrole nitrogens is 1. The Morgan fingerprint density at radius 1 is 0.778 bits per heavy atom. The van der Waals surface area contributed by atoms with Gasteiger partial charge >= 0.3 is 0 Å². The number of rotatable bonds is 0.